The SMILES string of the molecule is O=C(O)C1=C(C(=O)C=Cc2ccc(O)c(O)c2)C(O)C(O)C(O)C1. The number of ketones is 1. The number of phenols is 2. The third-order valence-electron chi connectivity index (χ3n) is 3.70. The van der Waals surface area contributed by atoms with Crippen LogP contribution in [0.3, 0.4) is 0 Å². The topological polar surface area (TPSA) is 156 Å². The number of phenolic OH excluding ortho intramolecular Hbond substituents is 2. The van der Waals surface area contributed by atoms with Gasteiger partial charge >= 0.3 is 5.97 Å². The molecule has 0 saturated heterocycles. The number of carboxylic acids is 1. The number of rotatable bonds is 4. The highest BCUT2D eigenvalue weighted by Gasteiger charge is 2.39. The van der Waals surface area contributed by atoms with Gasteiger partial charge in [-0.3, -0.25) is 4.79 Å². The van der Waals surface area contributed by atoms with Crippen molar-refractivity contribution in [2.75, 3.05) is 0 Å². The monoisotopic (exact) mass is 336 g/mol. The van der Waals surface area contributed by atoms with Crippen LogP contribution in [0.5, 0.6) is 11.5 Å². The second-order valence-corrected chi connectivity index (χ2v) is 5.35. The van der Waals surface area contributed by atoms with Gasteiger partial charge in [0.15, 0.2) is 17.3 Å². The first-order chi connectivity index (χ1) is 11.2. The lowest BCUT2D eigenvalue weighted by atomic mass is 9.83. The second kappa shape index (κ2) is 6.83. The van der Waals surface area contributed by atoms with E-state index in [0.717, 1.165) is 6.08 Å². The van der Waals surface area contributed by atoms with Crippen molar-refractivity contribution in [1.29, 1.82) is 0 Å². The van der Waals surface area contributed by atoms with Gasteiger partial charge in [0.05, 0.1) is 6.10 Å². The molecule has 0 aliphatic heterocycles. The number of hydrogen-bond donors (Lipinski definition) is 6. The van der Waals surface area contributed by atoms with Crippen molar-refractivity contribution in [2.24, 2.45) is 0 Å². The molecule has 2 rings (SSSR count). The summed E-state index contributed by atoms with van der Waals surface area (Å²) in [6.45, 7) is 0. The number of allylic oxidation sites excluding steroid dienone is 1. The van der Waals surface area contributed by atoms with Gasteiger partial charge in [-0.05, 0) is 23.8 Å². The Morgan fingerprint density at radius 1 is 1.08 bits per heavy atom. The molecule has 0 fully saturated rings. The number of hydrogen-bond acceptors (Lipinski definition) is 7. The number of benzene rings is 1. The Bertz CT molecular complexity index is 734. The molecule has 8 heteroatoms. The molecule has 1 aromatic rings. The molecular formula is C16H16O8. The highest BCUT2D eigenvalue weighted by Crippen LogP contribution is 2.28. The van der Waals surface area contributed by atoms with E-state index < -0.39 is 53.4 Å². The van der Waals surface area contributed by atoms with E-state index in [1.807, 2.05) is 0 Å². The fourth-order valence-electron chi connectivity index (χ4n) is 2.40. The fraction of sp³-hybridized carbons (Fsp3) is 0.250. The van der Waals surface area contributed by atoms with Crippen LogP contribution in [-0.2, 0) is 9.59 Å². The van der Waals surface area contributed by atoms with Crippen molar-refractivity contribution >= 4 is 17.8 Å². The van der Waals surface area contributed by atoms with Crippen LogP contribution in [0.4, 0.5) is 0 Å². The van der Waals surface area contributed by atoms with Gasteiger partial charge in [-0.25, -0.2) is 4.79 Å². The lowest BCUT2D eigenvalue weighted by Gasteiger charge is -2.30. The Morgan fingerprint density at radius 2 is 1.75 bits per heavy atom. The normalized spacial score (nSPS) is 24.4. The van der Waals surface area contributed by atoms with Gasteiger partial charge in [0.25, 0.3) is 0 Å². The molecule has 0 saturated carbocycles. The number of aromatic hydroxyl groups is 2. The second-order valence-electron chi connectivity index (χ2n) is 5.35. The summed E-state index contributed by atoms with van der Waals surface area (Å²) in [5, 5.41) is 56.8. The molecule has 0 spiro atoms. The van der Waals surface area contributed by atoms with E-state index in [-0.39, 0.29) is 5.75 Å². The van der Waals surface area contributed by atoms with Gasteiger partial charge in [-0.1, -0.05) is 12.1 Å². The quantitative estimate of drug-likeness (QED) is 0.319. The van der Waals surface area contributed by atoms with Gasteiger partial charge < -0.3 is 30.6 Å². The molecule has 128 valence electrons. The lowest BCUT2D eigenvalue weighted by molar-refractivity contribution is -0.135. The summed E-state index contributed by atoms with van der Waals surface area (Å²) in [6.07, 6.45) is -3.23. The summed E-state index contributed by atoms with van der Waals surface area (Å²) in [7, 11) is 0. The maximum atomic E-state index is 12.2. The number of aliphatic hydroxyl groups excluding tert-OH is 3. The summed E-state index contributed by atoms with van der Waals surface area (Å²) in [6, 6.07) is 3.79. The zero-order valence-electron chi connectivity index (χ0n) is 12.3. The highest BCUT2D eigenvalue weighted by atomic mass is 16.4. The molecule has 24 heavy (non-hydrogen) atoms. The van der Waals surface area contributed by atoms with Crippen molar-refractivity contribution in [3.05, 3.63) is 41.0 Å². The van der Waals surface area contributed by atoms with Crippen LogP contribution in [-0.4, -0.2) is 60.7 Å². The summed E-state index contributed by atoms with van der Waals surface area (Å²) in [4.78, 5) is 23.5. The Labute approximate surface area is 136 Å². The van der Waals surface area contributed by atoms with E-state index in [0.29, 0.717) is 5.56 Å². The first-order valence-electron chi connectivity index (χ1n) is 6.97. The molecule has 0 heterocycles. The first kappa shape index (κ1) is 17.7. The minimum absolute atomic E-state index is 0.339. The Hall–Kier alpha value is -2.68. The number of carbonyl (C=O) groups is 2. The molecule has 1 aliphatic carbocycles. The number of carboxylic acid groups (broad SMARTS) is 1. The van der Waals surface area contributed by atoms with Crippen molar-refractivity contribution in [1.82, 2.24) is 0 Å². The average Bonchev–Trinajstić information content (AvgIpc) is 2.53. The number of carbonyl (C=O) groups excluding carboxylic acids is 1. The first-order valence-corrected chi connectivity index (χ1v) is 6.97. The largest absolute Gasteiger partial charge is 0.504 e. The molecule has 0 aromatic heterocycles. The van der Waals surface area contributed by atoms with Gasteiger partial charge in [-0.2, -0.15) is 0 Å². The molecule has 0 amide bonds. The Morgan fingerprint density at radius 3 is 2.33 bits per heavy atom. The standard InChI is InChI=1S/C16H16O8/c17-9-3-1-7(5-11(9)19)2-4-10(18)13-8(16(23)24)6-12(20)14(21)15(13)22/h1-5,12,14-15,17,19-22H,6H2,(H,23,24). The summed E-state index contributed by atoms with van der Waals surface area (Å²) in [5.74, 6) is -3.06. The van der Waals surface area contributed by atoms with Gasteiger partial charge in [0.1, 0.15) is 12.2 Å². The molecule has 8 nitrogen and oxygen atoms in total. The van der Waals surface area contributed by atoms with Gasteiger partial charge in [0.2, 0.25) is 0 Å². The van der Waals surface area contributed by atoms with E-state index in [9.17, 15) is 35.1 Å². The van der Waals surface area contributed by atoms with E-state index in [2.05, 4.69) is 0 Å². The summed E-state index contributed by atoms with van der Waals surface area (Å²) in [5.41, 5.74) is -0.620. The molecule has 0 bridgehead atoms. The van der Waals surface area contributed by atoms with Crippen molar-refractivity contribution in [3.8, 4) is 11.5 Å². The van der Waals surface area contributed by atoms with Crippen molar-refractivity contribution in [2.45, 2.75) is 24.7 Å². The minimum Gasteiger partial charge on any atom is -0.504 e. The number of aliphatic hydroxyl groups is 3. The van der Waals surface area contributed by atoms with Crippen LogP contribution in [0.2, 0.25) is 0 Å². The van der Waals surface area contributed by atoms with Crippen LogP contribution in [0.25, 0.3) is 6.08 Å². The van der Waals surface area contributed by atoms with E-state index in [1.165, 1.54) is 24.3 Å². The lowest BCUT2D eigenvalue weighted by Crippen LogP contribution is -2.45. The predicted molar refractivity (Wildman–Crippen MR) is 81.1 cm³/mol. The summed E-state index contributed by atoms with van der Waals surface area (Å²) >= 11 is 0. The highest BCUT2D eigenvalue weighted by molar-refractivity contribution is 6.11. The molecule has 1 aromatic carbocycles. The van der Waals surface area contributed by atoms with Crippen LogP contribution < -0.4 is 0 Å². The smallest absolute Gasteiger partial charge is 0.332 e. The Kier molecular flexibility index (Phi) is 5.03. The zero-order chi connectivity index (χ0) is 18.0. The average molecular weight is 336 g/mol. The van der Waals surface area contributed by atoms with Crippen molar-refractivity contribution in [3.63, 3.8) is 0 Å². The van der Waals surface area contributed by atoms with E-state index in [1.54, 1.807) is 0 Å². The predicted octanol–water partition coefficient (Wildman–Crippen LogP) is -0.452. The minimum atomic E-state index is -1.83. The van der Waals surface area contributed by atoms with Gasteiger partial charge in [-0.15, -0.1) is 0 Å². The third kappa shape index (κ3) is 3.46. The number of aliphatic carboxylic acids is 1. The maximum Gasteiger partial charge on any atom is 0.332 e. The van der Waals surface area contributed by atoms with Crippen LogP contribution in [0, 0.1) is 0 Å². The van der Waals surface area contributed by atoms with Crippen molar-refractivity contribution < 1.29 is 40.2 Å². The van der Waals surface area contributed by atoms with Crippen LogP contribution >= 0.6 is 0 Å². The molecule has 3 atom stereocenters. The van der Waals surface area contributed by atoms with Crippen LogP contribution in [0.15, 0.2) is 35.4 Å². The maximum absolute atomic E-state index is 12.2. The van der Waals surface area contributed by atoms with E-state index >= 15 is 0 Å². The Balaban J connectivity index is 2.34. The zero-order valence-corrected chi connectivity index (χ0v) is 12.3. The van der Waals surface area contributed by atoms with Gasteiger partial charge in [0, 0.05) is 17.6 Å². The van der Waals surface area contributed by atoms with E-state index in [4.69, 9.17) is 5.11 Å². The molecule has 0 radical (unpaired) electrons. The van der Waals surface area contributed by atoms with Crippen LogP contribution in [0.1, 0.15) is 12.0 Å². The molecule has 1 aliphatic rings. The molecular weight excluding hydrogens is 320 g/mol. The molecule has 3 unspecified atom stereocenters. The third-order valence-corrected chi connectivity index (χ3v) is 3.70. The molecule has 6 N–H and O–H groups in total. The fourth-order valence-corrected chi connectivity index (χ4v) is 2.40. The summed E-state index contributed by atoms with van der Waals surface area (Å²) < 4.78 is 0.